The van der Waals surface area contributed by atoms with Crippen molar-refractivity contribution in [2.45, 2.75) is 32.7 Å². The van der Waals surface area contributed by atoms with Crippen LogP contribution in [-0.2, 0) is 0 Å². The molecule has 1 aromatic carbocycles. The lowest BCUT2D eigenvalue weighted by Gasteiger charge is -2.40. The van der Waals surface area contributed by atoms with Crippen molar-refractivity contribution < 1.29 is 0 Å². The first-order valence-corrected chi connectivity index (χ1v) is 9.20. The van der Waals surface area contributed by atoms with Crippen LogP contribution in [0.15, 0.2) is 23.3 Å². The number of halogens is 1. The van der Waals surface area contributed by atoms with Crippen molar-refractivity contribution in [2.24, 2.45) is 10.8 Å². The molecule has 0 spiro atoms. The zero-order valence-corrected chi connectivity index (χ0v) is 15.9. The summed E-state index contributed by atoms with van der Waals surface area (Å²) in [7, 11) is 0. The molecular weight excluding hydrogens is 342 g/mol. The molecule has 0 aromatic heterocycles. The summed E-state index contributed by atoms with van der Waals surface area (Å²) in [5, 5.41) is 4.75. The Labute approximate surface area is 154 Å². The Bertz CT molecular complexity index is 580. The van der Waals surface area contributed by atoms with Crippen LogP contribution in [-0.4, -0.2) is 48.4 Å². The lowest BCUT2D eigenvalue weighted by atomic mass is 10.1. The molecule has 1 aromatic rings. The molecule has 0 atom stereocenters. The average molecular weight is 368 g/mol. The Morgan fingerprint density at radius 2 is 2.00 bits per heavy atom. The van der Waals surface area contributed by atoms with Gasteiger partial charge in [0, 0.05) is 43.5 Å². The van der Waals surface area contributed by atoms with Crippen molar-refractivity contribution in [3.05, 3.63) is 28.8 Å². The van der Waals surface area contributed by atoms with E-state index in [0.29, 0.717) is 11.1 Å². The number of rotatable bonds is 6. The zero-order chi connectivity index (χ0) is 17.5. The molecule has 0 amide bonds. The minimum absolute atomic E-state index is 0.134. The third-order valence-electron chi connectivity index (χ3n) is 4.50. The highest BCUT2D eigenvalue weighted by Gasteiger charge is 2.22. The van der Waals surface area contributed by atoms with Gasteiger partial charge in [-0.05, 0) is 43.3 Å². The van der Waals surface area contributed by atoms with Crippen molar-refractivity contribution in [3.8, 4) is 0 Å². The molecule has 132 valence electrons. The predicted octanol–water partition coefficient (Wildman–Crippen LogP) is 2.82. The quantitative estimate of drug-likeness (QED) is 0.460. The van der Waals surface area contributed by atoms with Crippen LogP contribution in [0.4, 0.5) is 5.69 Å². The minimum atomic E-state index is 0.134. The monoisotopic (exact) mass is 367 g/mol. The van der Waals surface area contributed by atoms with Crippen LogP contribution in [0.2, 0.25) is 5.02 Å². The first kappa shape index (κ1) is 19.0. The fourth-order valence-electron chi connectivity index (χ4n) is 3.13. The van der Waals surface area contributed by atoms with E-state index in [1.807, 2.05) is 12.1 Å². The molecular formula is C17H26ClN5S. The molecule has 0 aliphatic carbocycles. The molecule has 1 aliphatic rings. The van der Waals surface area contributed by atoms with Gasteiger partial charge in [-0.2, -0.15) is 5.10 Å². The van der Waals surface area contributed by atoms with E-state index in [2.05, 4.69) is 40.2 Å². The Kier molecular flexibility index (Phi) is 7.27. The minimum Gasteiger partial charge on any atom is -0.375 e. The standard InChI is InChI=1S/C17H26ClN5S/c1-3-14(4-2)22-7-9-23(10-8-22)15-6-5-13(16(18)11-15)12-20-21-17(19)24/h5-6,11-12,14H,3-4,7-10H2,1-2H3,(H3,19,21,24). The molecule has 2 rings (SSSR count). The molecule has 1 aliphatic heterocycles. The van der Waals surface area contributed by atoms with Crippen LogP contribution in [0.25, 0.3) is 0 Å². The highest BCUT2D eigenvalue weighted by Crippen LogP contribution is 2.24. The largest absolute Gasteiger partial charge is 0.375 e. The maximum Gasteiger partial charge on any atom is 0.184 e. The lowest BCUT2D eigenvalue weighted by Crippen LogP contribution is -2.50. The second-order valence-corrected chi connectivity index (χ2v) is 6.78. The van der Waals surface area contributed by atoms with E-state index in [-0.39, 0.29) is 5.11 Å². The number of hydrazone groups is 1. The smallest absolute Gasteiger partial charge is 0.184 e. The number of piperazine rings is 1. The number of benzene rings is 1. The van der Waals surface area contributed by atoms with Gasteiger partial charge in [-0.3, -0.25) is 10.3 Å². The van der Waals surface area contributed by atoms with Crippen LogP contribution in [0, 0.1) is 0 Å². The number of thiocarbonyl (C=S) groups is 1. The van der Waals surface area contributed by atoms with Gasteiger partial charge in [0.05, 0.1) is 11.2 Å². The average Bonchev–Trinajstić information content (AvgIpc) is 2.58. The fraction of sp³-hybridized carbons (Fsp3) is 0.529. The third kappa shape index (κ3) is 5.06. The molecule has 0 bridgehead atoms. The van der Waals surface area contributed by atoms with Crippen LogP contribution in [0.5, 0.6) is 0 Å². The molecule has 1 fully saturated rings. The number of anilines is 1. The fourth-order valence-corrected chi connectivity index (χ4v) is 3.41. The van der Waals surface area contributed by atoms with Gasteiger partial charge < -0.3 is 10.6 Å². The molecule has 3 N–H and O–H groups in total. The second kappa shape index (κ2) is 9.20. The first-order chi connectivity index (χ1) is 11.5. The normalized spacial score (nSPS) is 16.1. The first-order valence-electron chi connectivity index (χ1n) is 8.42. The molecule has 0 unspecified atom stereocenters. The highest BCUT2D eigenvalue weighted by atomic mass is 35.5. The summed E-state index contributed by atoms with van der Waals surface area (Å²) < 4.78 is 0. The molecule has 24 heavy (non-hydrogen) atoms. The SMILES string of the molecule is CCC(CC)N1CCN(c2ccc(C=NNC(N)=S)c(Cl)c2)CC1. The van der Waals surface area contributed by atoms with E-state index in [0.717, 1.165) is 37.4 Å². The number of hydrogen-bond donors (Lipinski definition) is 2. The van der Waals surface area contributed by atoms with E-state index in [4.69, 9.17) is 29.6 Å². The Morgan fingerprint density at radius 3 is 2.54 bits per heavy atom. The third-order valence-corrected chi connectivity index (χ3v) is 4.92. The van der Waals surface area contributed by atoms with Gasteiger partial charge in [0.15, 0.2) is 5.11 Å². The van der Waals surface area contributed by atoms with Gasteiger partial charge in [-0.15, -0.1) is 0 Å². The molecule has 0 saturated carbocycles. The summed E-state index contributed by atoms with van der Waals surface area (Å²) in [6.45, 7) is 8.81. The zero-order valence-electron chi connectivity index (χ0n) is 14.3. The van der Waals surface area contributed by atoms with Gasteiger partial charge in [-0.25, -0.2) is 0 Å². The van der Waals surface area contributed by atoms with Crippen LogP contribution >= 0.6 is 23.8 Å². The van der Waals surface area contributed by atoms with Gasteiger partial charge in [0.25, 0.3) is 0 Å². The van der Waals surface area contributed by atoms with E-state index in [1.165, 1.54) is 12.8 Å². The molecule has 7 heteroatoms. The van der Waals surface area contributed by atoms with Crippen molar-refractivity contribution in [1.29, 1.82) is 0 Å². The van der Waals surface area contributed by atoms with E-state index in [9.17, 15) is 0 Å². The summed E-state index contributed by atoms with van der Waals surface area (Å²) in [5.41, 5.74) is 9.85. The number of nitrogens with one attached hydrogen (secondary N) is 1. The summed E-state index contributed by atoms with van der Waals surface area (Å²) in [4.78, 5) is 4.99. The summed E-state index contributed by atoms with van der Waals surface area (Å²) >= 11 is 11.1. The van der Waals surface area contributed by atoms with Crippen molar-refractivity contribution in [3.63, 3.8) is 0 Å². The molecule has 1 heterocycles. The van der Waals surface area contributed by atoms with Crippen LogP contribution in [0.1, 0.15) is 32.3 Å². The number of nitrogens with two attached hydrogens (primary N) is 1. The number of hydrogen-bond acceptors (Lipinski definition) is 4. The van der Waals surface area contributed by atoms with Gasteiger partial charge in [0.2, 0.25) is 0 Å². The van der Waals surface area contributed by atoms with E-state index in [1.54, 1.807) is 6.21 Å². The Hall–Kier alpha value is -1.37. The Balaban J connectivity index is 1.97. The van der Waals surface area contributed by atoms with Crippen molar-refractivity contribution >= 4 is 40.8 Å². The van der Waals surface area contributed by atoms with Crippen LogP contribution < -0.4 is 16.1 Å². The summed E-state index contributed by atoms with van der Waals surface area (Å²) in [5.74, 6) is 0. The maximum atomic E-state index is 6.37. The van der Waals surface area contributed by atoms with Gasteiger partial charge in [-0.1, -0.05) is 25.4 Å². The van der Waals surface area contributed by atoms with Crippen LogP contribution in [0.3, 0.4) is 0 Å². The maximum absolute atomic E-state index is 6.37. The van der Waals surface area contributed by atoms with Gasteiger partial charge >= 0.3 is 0 Å². The highest BCUT2D eigenvalue weighted by molar-refractivity contribution is 7.80. The van der Waals surface area contributed by atoms with Gasteiger partial charge in [0.1, 0.15) is 0 Å². The topological polar surface area (TPSA) is 56.9 Å². The summed E-state index contributed by atoms with van der Waals surface area (Å²) in [6, 6.07) is 6.75. The van der Waals surface area contributed by atoms with E-state index >= 15 is 0 Å². The molecule has 1 saturated heterocycles. The van der Waals surface area contributed by atoms with Crippen molar-refractivity contribution in [1.82, 2.24) is 10.3 Å². The molecule has 5 nitrogen and oxygen atoms in total. The van der Waals surface area contributed by atoms with Crippen molar-refractivity contribution in [2.75, 3.05) is 31.1 Å². The van der Waals surface area contributed by atoms with E-state index < -0.39 is 0 Å². The lowest BCUT2D eigenvalue weighted by molar-refractivity contribution is 0.175. The second-order valence-electron chi connectivity index (χ2n) is 5.93. The predicted molar refractivity (Wildman–Crippen MR) is 107 cm³/mol. The number of nitrogens with zero attached hydrogens (tertiary/aromatic N) is 3. The molecule has 0 radical (unpaired) electrons. The Morgan fingerprint density at radius 1 is 1.33 bits per heavy atom. The summed E-state index contributed by atoms with van der Waals surface area (Å²) in [6.07, 6.45) is 4.06.